The van der Waals surface area contributed by atoms with Gasteiger partial charge in [0.05, 0.1) is 24.0 Å². The molecule has 0 aliphatic heterocycles. The topological polar surface area (TPSA) is 184 Å². The van der Waals surface area contributed by atoms with Crippen LogP contribution in [0.25, 0.3) is 10.9 Å². The van der Waals surface area contributed by atoms with Crippen LogP contribution >= 0.6 is 0 Å². The van der Waals surface area contributed by atoms with E-state index in [0.717, 1.165) is 0 Å². The molecule has 24 heavy (non-hydrogen) atoms. The number of pyridine rings is 1. The predicted molar refractivity (Wildman–Crippen MR) is 85.6 cm³/mol. The molecule has 0 unspecified atom stereocenters. The molecule has 0 aliphatic rings. The Hall–Kier alpha value is -3.44. The van der Waals surface area contributed by atoms with Crippen molar-refractivity contribution in [3.63, 3.8) is 0 Å². The Kier molecular flexibility index (Phi) is 4.48. The quantitative estimate of drug-likeness (QED) is 0.253. The van der Waals surface area contributed by atoms with E-state index in [1.807, 2.05) is 0 Å². The van der Waals surface area contributed by atoms with E-state index < -0.39 is 18.0 Å². The number of carbonyl (C=O) groups is 3. The number of anilines is 2. The molecule has 1 aromatic carbocycles. The monoisotopic (exact) mass is 333 g/mol. The number of esters is 1. The molecule has 1 aromatic heterocycles. The molecular formula is C13H15N7O4. The summed E-state index contributed by atoms with van der Waals surface area (Å²) < 4.78 is 4.61. The number of ether oxygens (including phenoxy) is 1. The number of urea groups is 2. The van der Waals surface area contributed by atoms with Gasteiger partial charge in [-0.05, 0) is 24.3 Å². The van der Waals surface area contributed by atoms with E-state index in [0.29, 0.717) is 20.9 Å². The first kappa shape index (κ1) is 16.9. The second-order valence-electron chi connectivity index (χ2n) is 4.64. The van der Waals surface area contributed by atoms with Gasteiger partial charge in [-0.3, -0.25) is 0 Å². The third-order valence-electron chi connectivity index (χ3n) is 3.18. The van der Waals surface area contributed by atoms with Gasteiger partial charge >= 0.3 is 18.0 Å². The average Bonchev–Trinajstić information content (AvgIpc) is 2.57. The zero-order chi connectivity index (χ0) is 18.0. The summed E-state index contributed by atoms with van der Waals surface area (Å²) in [5.41, 5.74) is 10.8. The Morgan fingerprint density at radius 3 is 2.21 bits per heavy atom. The number of aromatic nitrogens is 1. The lowest BCUT2D eigenvalue weighted by Crippen LogP contribution is -2.42. The average molecular weight is 333 g/mol. The molecule has 0 aliphatic carbocycles. The number of nitrogens with two attached hydrogens (primary N) is 4. The van der Waals surface area contributed by atoms with Crippen LogP contribution in [0.1, 0.15) is 10.5 Å². The molecule has 0 radical (unpaired) electrons. The standard InChI is InChI=1S/C13H15N7O4/c1-24-11(21)9-5-10(20(17)13(15)23)7-4-6(19(16)12(14)22)2-3-8(7)18-9/h2-5H,16-17H2,1H3,(H2,14,22)(H2,15,23). The number of fused-ring (bicyclic) bond motifs is 1. The van der Waals surface area contributed by atoms with Gasteiger partial charge in [-0.1, -0.05) is 0 Å². The molecule has 0 spiro atoms. The van der Waals surface area contributed by atoms with E-state index in [4.69, 9.17) is 23.2 Å². The minimum absolute atomic E-state index is 0.0765. The third kappa shape index (κ3) is 3.02. The summed E-state index contributed by atoms with van der Waals surface area (Å²) in [6, 6.07) is 3.71. The molecule has 126 valence electrons. The minimum Gasteiger partial charge on any atom is -0.464 e. The van der Waals surface area contributed by atoms with Crippen LogP contribution in [0.2, 0.25) is 0 Å². The fourth-order valence-electron chi connectivity index (χ4n) is 2.00. The van der Waals surface area contributed by atoms with Crippen molar-refractivity contribution in [1.82, 2.24) is 4.98 Å². The van der Waals surface area contributed by atoms with Crippen molar-refractivity contribution < 1.29 is 19.1 Å². The number of nitrogens with zero attached hydrogens (tertiary/aromatic N) is 3. The number of rotatable bonds is 3. The van der Waals surface area contributed by atoms with Crippen LogP contribution in [0.5, 0.6) is 0 Å². The number of carbonyl (C=O) groups excluding carboxylic acids is 3. The highest BCUT2D eigenvalue weighted by Gasteiger charge is 2.19. The van der Waals surface area contributed by atoms with Crippen molar-refractivity contribution in [2.75, 3.05) is 17.1 Å². The maximum absolute atomic E-state index is 11.7. The number of hydrogen-bond acceptors (Lipinski definition) is 7. The van der Waals surface area contributed by atoms with E-state index in [-0.39, 0.29) is 17.1 Å². The van der Waals surface area contributed by atoms with Gasteiger partial charge in [0.1, 0.15) is 0 Å². The molecule has 2 rings (SSSR count). The number of methoxy groups -OCH3 is 1. The van der Waals surface area contributed by atoms with E-state index >= 15 is 0 Å². The molecule has 0 fully saturated rings. The van der Waals surface area contributed by atoms with Crippen LogP contribution in [0, 0.1) is 0 Å². The highest BCUT2D eigenvalue weighted by atomic mass is 16.5. The normalized spacial score (nSPS) is 10.3. The molecular weight excluding hydrogens is 318 g/mol. The predicted octanol–water partition coefficient (Wildman–Crippen LogP) is -0.461. The lowest BCUT2D eigenvalue weighted by Gasteiger charge is -2.19. The second-order valence-corrected chi connectivity index (χ2v) is 4.64. The minimum atomic E-state index is -0.969. The zero-order valence-corrected chi connectivity index (χ0v) is 12.6. The summed E-state index contributed by atoms with van der Waals surface area (Å²) in [5.74, 6) is 10.5. The SMILES string of the molecule is COC(=O)c1cc(N(N)C(N)=O)c2cc(N(N)C(N)=O)ccc2n1. The maximum Gasteiger partial charge on any atom is 0.356 e. The molecule has 2 aromatic rings. The Labute approximate surface area is 135 Å². The first-order chi connectivity index (χ1) is 11.3. The molecule has 0 saturated heterocycles. The van der Waals surface area contributed by atoms with Crippen LogP contribution < -0.4 is 33.2 Å². The van der Waals surface area contributed by atoms with Crippen LogP contribution in [0.3, 0.4) is 0 Å². The summed E-state index contributed by atoms with van der Waals surface area (Å²) in [7, 11) is 1.18. The van der Waals surface area contributed by atoms with Gasteiger partial charge in [0, 0.05) is 5.39 Å². The van der Waals surface area contributed by atoms with Gasteiger partial charge in [-0.15, -0.1) is 0 Å². The van der Waals surface area contributed by atoms with Crippen molar-refractivity contribution >= 4 is 40.3 Å². The fourth-order valence-corrected chi connectivity index (χ4v) is 2.00. The molecule has 1 heterocycles. The summed E-state index contributed by atoms with van der Waals surface area (Å²) in [6.45, 7) is 0. The highest BCUT2D eigenvalue weighted by molar-refractivity contribution is 6.05. The van der Waals surface area contributed by atoms with E-state index in [2.05, 4.69) is 9.72 Å². The molecule has 11 heteroatoms. The van der Waals surface area contributed by atoms with E-state index in [1.54, 1.807) is 0 Å². The van der Waals surface area contributed by atoms with Crippen molar-refractivity contribution in [1.29, 1.82) is 0 Å². The van der Waals surface area contributed by atoms with Gasteiger partial charge in [0.2, 0.25) is 0 Å². The first-order valence-corrected chi connectivity index (χ1v) is 6.48. The molecule has 0 atom stereocenters. The summed E-state index contributed by atoms with van der Waals surface area (Å²) >= 11 is 0. The molecule has 8 N–H and O–H groups in total. The van der Waals surface area contributed by atoms with Gasteiger partial charge in [0.25, 0.3) is 0 Å². The van der Waals surface area contributed by atoms with Crippen LogP contribution in [-0.4, -0.2) is 30.1 Å². The van der Waals surface area contributed by atoms with Crippen molar-refractivity contribution in [3.8, 4) is 0 Å². The largest absolute Gasteiger partial charge is 0.464 e. The number of amides is 4. The highest BCUT2D eigenvalue weighted by Crippen LogP contribution is 2.29. The molecule has 0 saturated carbocycles. The van der Waals surface area contributed by atoms with Gasteiger partial charge in [0.15, 0.2) is 5.69 Å². The van der Waals surface area contributed by atoms with Crippen LogP contribution in [-0.2, 0) is 4.74 Å². The zero-order valence-electron chi connectivity index (χ0n) is 12.6. The first-order valence-electron chi connectivity index (χ1n) is 6.48. The van der Waals surface area contributed by atoms with Crippen LogP contribution in [0.15, 0.2) is 24.3 Å². The number of hydrazine groups is 2. The fraction of sp³-hybridized carbons (Fsp3) is 0.0769. The van der Waals surface area contributed by atoms with Gasteiger partial charge in [-0.2, -0.15) is 0 Å². The Bertz CT molecular complexity index is 838. The number of primary amides is 2. The second kappa shape index (κ2) is 6.36. The summed E-state index contributed by atoms with van der Waals surface area (Å²) in [6.07, 6.45) is 0. The molecule has 4 amide bonds. The van der Waals surface area contributed by atoms with Gasteiger partial charge in [-0.25, -0.2) is 41.1 Å². The summed E-state index contributed by atoms with van der Waals surface area (Å²) in [5, 5.41) is 1.65. The lowest BCUT2D eigenvalue weighted by molar-refractivity contribution is 0.0594. The Morgan fingerprint density at radius 2 is 1.67 bits per heavy atom. The Balaban J connectivity index is 2.74. The smallest absolute Gasteiger partial charge is 0.356 e. The van der Waals surface area contributed by atoms with E-state index in [9.17, 15) is 14.4 Å². The summed E-state index contributed by atoms with van der Waals surface area (Å²) in [4.78, 5) is 38.4. The number of benzene rings is 1. The maximum atomic E-state index is 11.7. The lowest BCUT2D eigenvalue weighted by atomic mass is 10.1. The van der Waals surface area contributed by atoms with Crippen molar-refractivity contribution in [2.24, 2.45) is 23.2 Å². The molecule has 11 nitrogen and oxygen atoms in total. The molecule has 0 bridgehead atoms. The third-order valence-corrected chi connectivity index (χ3v) is 3.18. The van der Waals surface area contributed by atoms with Crippen LogP contribution in [0.4, 0.5) is 21.0 Å². The Morgan fingerprint density at radius 1 is 1.04 bits per heavy atom. The van der Waals surface area contributed by atoms with Crippen molar-refractivity contribution in [3.05, 3.63) is 30.0 Å². The van der Waals surface area contributed by atoms with Crippen molar-refractivity contribution in [2.45, 2.75) is 0 Å². The van der Waals surface area contributed by atoms with E-state index in [1.165, 1.54) is 31.4 Å². The van der Waals surface area contributed by atoms with Gasteiger partial charge < -0.3 is 16.2 Å². The number of hydrogen-bond donors (Lipinski definition) is 4.